The van der Waals surface area contributed by atoms with Gasteiger partial charge in [-0.2, -0.15) is 11.8 Å². The van der Waals surface area contributed by atoms with Gasteiger partial charge in [0, 0.05) is 17.3 Å². The molecule has 5 rings (SSSR count). The molecule has 2 aromatic heterocycles. The molecule has 0 spiro atoms. The van der Waals surface area contributed by atoms with Gasteiger partial charge in [-0.05, 0) is 43.7 Å². The Bertz CT molecular complexity index is 1180. The van der Waals surface area contributed by atoms with E-state index in [0.717, 1.165) is 22.9 Å². The summed E-state index contributed by atoms with van der Waals surface area (Å²) >= 11 is 3.46. The topological polar surface area (TPSA) is 29.9 Å². The standard InChI is InChI=1S/C21H17N3S.C2H6S/c1-2-22-21-23-20-18(12-7-13-19(20)25-21)24-16-10-5-3-8-14(16)15-9-4-6-11-17(15)24;1-3-2/h3-13H,2H2,1H3,(H,22,23);1-2H3. The molecule has 5 aromatic rings. The highest BCUT2D eigenvalue weighted by Gasteiger charge is 2.15. The number of thiazole rings is 1. The van der Waals surface area contributed by atoms with Crippen LogP contribution in [0.1, 0.15) is 6.92 Å². The van der Waals surface area contributed by atoms with Gasteiger partial charge in [0.05, 0.1) is 21.4 Å². The lowest BCUT2D eigenvalue weighted by Gasteiger charge is -2.08. The summed E-state index contributed by atoms with van der Waals surface area (Å²) in [5, 5.41) is 6.87. The zero-order valence-corrected chi connectivity index (χ0v) is 17.9. The van der Waals surface area contributed by atoms with Crippen molar-refractivity contribution in [2.75, 3.05) is 24.4 Å². The first kappa shape index (κ1) is 18.8. The molecule has 1 N–H and O–H groups in total. The summed E-state index contributed by atoms with van der Waals surface area (Å²) in [5.41, 5.74) is 4.62. The smallest absolute Gasteiger partial charge is 0.183 e. The number of nitrogens with one attached hydrogen (secondary N) is 1. The van der Waals surface area contributed by atoms with Crippen molar-refractivity contribution in [3.8, 4) is 5.69 Å². The maximum atomic E-state index is 4.86. The van der Waals surface area contributed by atoms with Crippen LogP contribution < -0.4 is 5.32 Å². The van der Waals surface area contributed by atoms with Crippen LogP contribution >= 0.6 is 23.1 Å². The fourth-order valence-corrected chi connectivity index (χ4v) is 4.48. The number of benzene rings is 3. The third kappa shape index (κ3) is 3.25. The van der Waals surface area contributed by atoms with Crippen molar-refractivity contribution < 1.29 is 0 Å². The highest BCUT2D eigenvalue weighted by atomic mass is 32.2. The highest BCUT2D eigenvalue weighted by Crippen LogP contribution is 2.36. The molecule has 0 radical (unpaired) electrons. The molecular weight excluding hydrogens is 382 g/mol. The van der Waals surface area contributed by atoms with Crippen molar-refractivity contribution >= 4 is 60.3 Å². The van der Waals surface area contributed by atoms with Gasteiger partial charge >= 0.3 is 0 Å². The molecule has 142 valence electrons. The second-order valence-electron chi connectivity index (χ2n) is 6.45. The average molecular weight is 406 g/mol. The molecule has 2 heterocycles. The Morgan fingerprint density at radius 3 is 2.11 bits per heavy atom. The Morgan fingerprint density at radius 2 is 1.50 bits per heavy atom. The zero-order valence-electron chi connectivity index (χ0n) is 16.3. The van der Waals surface area contributed by atoms with Crippen LogP contribution in [0.4, 0.5) is 5.13 Å². The number of aromatic nitrogens is 2. The minimum absolute atomic E-state index is 0.880. The number of hydrogen-bond acceptors (Lipinski definition) is 4. The third-order valence-electron chi connectivity index (χ3n) is 4.55. The number of hydrogen-bond donors (Lipinski definition) is 1. The Kier molecular flexibility index (Phi) is 5.55. The average Bonchev–Trinajstić information content (AvgIpc) is 3.27. The number of anilines is 1. The second-order valence-corrected chi connectivity index (χ2v) is 8.30. The van der Waals surface area contributed by atoms with Gasteiger partial charge in [0.15, 0.2) is 5.13 Å². The summed E-state index contributed by atoms with van der Waals surface area (Å²) in [4.78, 5) is 4.86. The molecular formula is C23H23N3S2. The van der Waals surface area contributed by atoms with Gasteiger partial charge in [-0.3, -0.25) is 0 Å². The van der Waals surface area contributed by atoms with Gasteiger partial charge in [-0.15, -0.1) is 0 Å². The number of fused-ring (bicyclic) bond motifs is 4. The van der Waals surface area contributed by atoms with Gasteiger partial charge in [-0.25, -0.2) is 4.98 Å². The molecule has 0 amide bonds. The van der Waals surface area contributed by atoms with Crippen molar-refractivity contribution in [3.63, 3.8) is 0 Å². The molecule has 0 aliphatic heterocycles. The van der Waals surface area contributed by atoms with Crippen LogP contribution in [0.25, 0.3) is 37.7 Å². The summed E-state index contributed by atoms with van der Waals surface area (Å²) in [7, 11) is 0. The van der Waals surface area contributed by atoms with E-state index in [2.05, 4.69) is 83.5 Å². The van der Waals surface area contributed by atoms with E-state index in [4.69, 9.17) is 4.98 Å². The van der Waals surface area contributed by atoms with Crippen LogP contribution in [-0.2, 0) is 0 Å². The summed E-state index contributed by atoms with van der Waals surface area (Å²) < 4.78 is 3.54. The van der Waals surface area contributed by atoms with Crippen molar-refractivity contribution in [1.82, 2.24) is 9.55 Å². The van der Waals surface area contributed by atoms with Crippen LogP contribution in [0.5, 0.6) is 0 Å². The predicted molar refractivity (Wildman–Crippen MR) is 128 cm³/mol. The Hall–Kier alpha value is -2.50. The first-order valence-electron chi connectivity index (χ1n) is 9.30. The van der Waals surface area contributed by atoms with Crippen molar-refractivity contribution in [2.45, 2.75) is 6.92 Å². The quantitative estimate of drug-likeness (QED) is 0.358. The lowest BCUT2D eigenvalue weighted by molar-refractivity contribution is 1.17. The minimum Gasteiger partial charge on any atom is -0.362 e. The second kappa shape index (κ2) is 8.25. The van der Waals surface area contributed by atoms with E-state index in [1.807, 2.05) is 12.5 Å². The Balaban J connectivity index is 0.000000604. The summed E-state index contributed by atoms with van der Waals surface area (Å²) in [5.74, 6) is 0. The molecule has 28 heavy (non-hydrogen) atoms. The Labute approximate surface area is 173 Å². The SMILES string of the molecule is CCNc1nc2c(-n3c4ccccc4c4ccccc43)cccc2s1.CSC. The molecule has 0 atom stereocenters. The maximum Gasteiger partial charge on any atom is 0.183 e. The molecule has 0 aliphatic rings. The first-order chi connectivity index (χ1) is 13.8. The van der Waals surface area contributed by atoms with E-state index in [0.29, 0.717) is 0 Å². The molecule has 0 aliphatic carbocycles. The van der Waals surface area contributed by atoms with E-state index in [9.17, 15) is 0 Å². The van der Waals surface area contributed by atoms with Crippen LogP contribution in [0.2, 0.25) is 0 Å². The van der Waals surface area contributed by atoms with Crippen LogP contribution in [0.3, 0.4) is 0 Å². The van der Waals surface area contributed by atoms with Crippen molar-refractivity contribution in [1.29, 1.82) is 0 Å². The van der Waals surface area contributed by atoms with E-state index in [-0.39, 0.29) is 0 Å². The molecule has 0 saturated carbocycles. The molecule has 0 fully saturated rings. The number of thioether (sulfide) groups is 1. The van der Waals surface area contributed by atoms with Gasteiger partial charge < -0.3 is 9.88 Å². The van der Waals surface area contributed by atoms with Crippen LogP contribution in [0, 0.1) is 0 Å². The van der Waals surface area contributed by atoms with E-state index < -0.39 is 0 Å². The molecule has 0 saturated heterocycles. The van der Waals surface area contributed by atoms with Gasteiger partial charge in [0.25, 0.3) is 0 Å². The molecule has 5 heteroatoms. The van der Waals surface area contributed by atoms with Crippen LogP contribution in [0.15, 0.2) is 66.7 Å². The molecule has 3 nitrogen and oxygen atoms in total. The zero-order chi connectivity index (χ0) is 19.5. The fourth-order valence-electron chi connectivity index (χ4n) is 3.52. The van der Waals surface area contributed by atoms with Gasteiger partial charge in [-0.1, -0.05) is 53.8 Å². The Morgan fingerprint density at radius 1 is 0.893 bits per heavy atom. The van der Waals surface area contributed by atoms with Gasteiger partial charge in [0.2, 0.25) is 0 Å². The van der Waals surface area contributed by atoms with Gasteiger partial charge in [0.1, 0.15) is 5.52 Å². The third-order valence-corrected chi connectivity index (χ3v) is 5.52. The summed E-state index contributed by atoms with van der Waals surface area (Å²) in [6.07, 6.45) is 4.08. The highest BCUT2D eigenvalue weighted by molar-refractivity contribution is 7.97. The lowest BCUT2D eigenvalue weighted by Crippen LogP contribution is -1.96. The minimum atomic E-state index is 0.880. The number of rotatable bonds is 3. The summed E-state index contributed by atoms with van der Waals surface area (Å²) in [6, 6.07) is 23.6. The normalized spacial score (nSPS) is 11.0. The molecule has 3 aromatic carbocycles. The number of para-hydroxylation sites is 3. The summed E-state index contributed by atoms with van der Waals surface area (Å²) in [6.45, 7) is 2.98. The van der Waals surface area contributed by atoms with Crippen molar-refractivity contribution in [3.05, 3.63) is 66.7 Å². The van der Waals surface area contributed by atoms with E-state index >= 15 is 0 Å². The predicted octanol–water partition coefficient (Wildman–Crippen LogP) is 6.80. The molecule has 0 bridgehead atoms. The lowest BCUT2D eigenvalue weighted by atomic mass is 10.2. The number of nitrogens with zero attached hydrogens (tertiary/aromatic N) is 2. The largest absolute Gasteiger partial charge is 0.362 e. The monoisotopic (exact) mass is 405 g/mol. The fraction of sp³-hybridized carbons (Fsp3) is 0.174. The first-order valence-corrected chi connectivity index (χ1v) is 11.8. The molecule has 0 unspecified atom stereocenters. The maximum absolute atomic E-state index is 4.86. The van der Waals surface area contributed by atoms with E-state index in [1.165, 1.54) is 26.5 Å². The van der Waals surface area contributed by atoms with Crippen LogP contribution in [-0.4, -0.2) is 28.6 Å². The van der Waals surface area contributed by atoms with Crippen molar-refractivity contribution in [2.24, 2.45) is 0 Å². The van der Waals surface area contributed by atoms with E-state index in [1.54, 1.807) is 23.1 Å².